The van der Waals surface area contributed by atoms with Crippen LogP contribution in [0.15, 0.2) is 0 Å². The maximum Gasteiger partial charge on any atom is 0.410 e. The lowest BCUT2D eigenvalue weighted by atomic mass is 9.87. The van der Waals surface area contributed by atoms with Crippen LogP contribution < -0.4 is 0 Å². The number of likely N-dealkylation sites (tertiary alicyclic amines) is 2. The molecule has 4 fully saturated rings. The molecule has 4 aliphatic rings. The van der Waals surface area contributed by atoms with Crippen LogP contribution in [0.5, 0.6) is 0 Å². The highest BCUT2D eigenvalue weighted by Crippen LogP contribution is 2.33. The average molecular weight is 380 g/mol. The van der Waals surface area contributed by atoms with Crippen LogP contribution in [0.25, 0.3) is 0 Å². The Balaban J connectivity index is 1.33. The lowest BCUT2D eigenvalue weighted by Crippen LogP contribution is -2.63. The minimum Gasteiger partial charge on any atom is -0.450 e. The normalized spacial score (nSPS) is 33.2. The van der Waals surface area contributed by atoms with Gasteiger partial charge in [-0.05, 0) is 45.4 Å². The Labute approximate surface area is 161 Å². The van der Waals surface area contributed by atoms with Crippen molar-refractivity contribution in [2.45, 2.75) is 76.0 Å². The average Bonchev–Trinajstić information content (AvgIpc) is 2.68. The minimum absolute atomic E-state index is 0.128. The fourth-order valence-electron chi connectivity index (χ4n) is 5.46. The lowest BCUT2D eigenvalue weighted by Gasteiger charge is -2.51. The second kappa shape index (κ2) is 8.35. The van der Waals surface area contributed by atoms with Gasteiger partial charge in [0.05, 0.1) is 31.9 Å². The summed E-state index contributed by atoms with van der Waals surface area (Å²) < 4.78 is 11.0. The van der Waals surface area contributed by atoms with Crippen LogP contribution in [-0.2, 0) is 14.3 Å². The van der Waals surface area contributed by atoms with Crippen LogP contribution in [0, 0.1) is 0 Å². The predicted molar refractivity (Wildman–Crippen MR) is 100 cm³/mol. The summed E-state index contributed by atoms with van der Waals surface area (Å²) in [5.41, 5.74) is 0. The van der Waals surface area contributed by atoms with Gasteiger partial charge in [0.2, 0.25) is 5.91 Å². The van der Waals surface area contributed by atoms with Gasteiger partial charge in [0.1, 0.15) is 0 Å². The standard InChI is InChI=1S/C20H33N3O4/c1-2-27-20(25)23-17-11-16(12-18(23)14-26-13-17)21-9-6-15(7-10-21)22-8-4-3-5-19(22)24/h15-18H,2-14H2,1H3. The van der Waals surface area contributed by atoms with E-state index in [2.05, 4.69) is 9.80 Å². The van der Waals surface area contributed by atoms with Crippen LogP contribution in [-0.4, -0.2) is 90.3 Å². The third-order valence-corrected chi connectivity index (χ3v) is 6.79. The first-order chi connectivity index (χ1) is 13.2. The van der Waals surface area contributed by atoms with Gasteiger partial charge in [0.25, 0.3) is 0 Å². The highest BCUT2D eigenvalue weighted by molar-refractivity contribution is 5.77. The van der Waals surface area contributed by atoms with Crippen molar-refractivity contribution in [1.82, 2.24) is 14.7 Å². The van der Waals surface area contributed by atoms with Crippen LogP contribution in [0.4, 0.5) is 4.79 Å². The van der Waals surface area contributed by atoms with Gasteiger partial charge in [-0.15, -0.1) is 0 Å². The molecule has 4 rings (SSSR count). The summed E-state index contributed by atoms with van der Waals surface area (Å²) in [4.78, 5) is 31.2. The van der Waals surface area contributed by atoms with Crippen LogP contribution in [0.1, 0.15) is 51.9 Å². The number of hydrogen-bond acceptors (Lipinski definition) is 5. The SMILES string of the molecule is CCOC(=O)N1C2COCC1CC(N1CCC(N3CCCCC3=O)CC1)C2. The molecular formula is C20H33N3O4. The van der Waals surface area contributed by atoms with Gasteiger partial charge in [0, 0.05) is 38.1 Å². The summed E-state index contributed by atoms with van der Waals surface area (Å²) in [7, 11) is 0. The number of carbonyl (C=O) groups excluding carboxylic acids is 2. The second-order valence-electron chi connectivity index (χ2n) is 8.39. The Hall–Kier alpha value is -1.34. The summed E-state index contributed by atoms with van der Waals surface area (Å²) in [6.07, 6.45) is 6.84. The van der Waals surface area contributed by atoms with E-state index in [1.165, 1.54) is 0 Å². The van der Waals surface area contributed by atoms with E-state index in [0.717, 1.165) is 64.6 Å². The van der Waals surface area contributed by atoms with Gasteiger partial charge in [-0.3, -0.25) is 9.69 Å². The number of hydrogen-bond donors (Lipinski definition) is 0. The number of amides is 2. The Morgan fingerprint density at radius 1 is 1.04 bits per heavy atom. The molecule has 2 atom stereocenters. The van der Waals surface area contributed by atoms with Crippen molar-refractivity contribution in [3.05, 3.63) is 0 Å². The molecular weight excluding hydrogens is 346 g/mol. The van der Waals surface area contributed by atoms with E-state index < -0.39 is 0 Å². The molecule has 0 spiro atoms. The lowest BCUT2D eigenvalue weighted by molar-refractivity contribution is -0.137. The molecule has 152 valence electrons. The molecule has 0 saturated carbocycles. The van der Waals surface area contributed by atoms with Crippen molar-refractivity contribution in [2.75, 3.05) is 39.5 Å². The van der Waals surface area contributed by atoms with Crippen LogP contribution >= 0.6 is 0 Å². The highest BCUT2D eigenvalue weighted by Gasteiger charge is 2.44. The van der Waals surface area contributed by atoms with Gasteiger partial charge in [0.15, 0.2) is 0 Å². The van der Waals surface area contributed by atoms with Gasteiger partial charge < -0.3 is 19.3 Å². The molecule has 7 nitrogen and oxygen atoms in total. The Bertz CT molecular complexity index is 535. The Kier molecular flexibility index (Phi) is 5.88. The molecule has 2 unspecified atom stereocenters. The van der Waals surface area contributed by atoms with Crippen molar-refractivity contribution in [2.24, 2.45) is 0 Å². The first-order valence-corrected chi connectivity index (χ1v) is 10.7. The van der Waals surface area contributed by atoms with Crippen molar-refractivity contribution in [1.29, 1.82) is 0 Å². The molecule has 4 heterocycles. The molecule has 0 aromatic rings. The number of ether oxygens (including phenoxy) is 2. The molecule has 27 heavy (non-hydrogen) atoms. The van der Waals surface area contributed by atoms with Gasteiger partial charge in [-0.1, -0.05) is 0 Å². The number of fused-ring (bicyclic) bond motifs is 2. The number of nitrogens with zero attached hydrogens (tertiary/aromatic N) is 3. The van der Waals surface area contributed by atoms with Gasteiger partial charge >= 0.3 is 6.09 Å². The number of morpholine rings is 1. The highest BCUT2D eigenvalue weighted by atomic mass is 16.6. The van der Waals surface area contributed by atoms with Crippen molar-refractivity contribution < 1.29 is 19.1 Å². The Morgan fingerprint density at radius 2 is 1.74 bits per heavy atom. The molecule has 2 bridgehead atoms. The zero-order chi connectivity index (χ0) is 18.8. The molecule has 0 aromatic heterocycles. The third kappa shape index (κ3) is 3.94. The van der Waals surface area contributed by atoms with Gasteiger partial charge in [-0.25, -0.2) is 4.79 Å². The predicted octanol–water partition coefficient (Wildman–Crippen LogP) is 1.85. The van der Waals surface area contributed by atoms with Crippen molar-refractivity contribution >= 4 is 12.0 Å². The molecule has 7 heteroatoms. The summed E-state index contributed by atoms with van der Waals surface area (Å²) in [6.45, 7) is 6.56. The Morgan fingerprint density at radius 3 is 2.37 bits per heavy atom. The molecule has 0 radical (unpaired) electrons. The van der Waals surface area contributed by atoms with E-state index >= 15 is 0 Å². The fraction of sp³-hybridized carbons (Fsp3) is 0.900. The first kappa shape index (κ1) is 19.0. The minimum atomic E-state index is -0.184. The molecule has 4 aliphatic heterocycles. The third-order valence-electron chi connectivity index (χ3n) is 6.79. The topological polar surface area (TPSA) is 62.3 Å². The van der Waals surface area contributed by atoms with Crippen LogP contribution in [0.2, 0.25) is 0 Å². The fourth-order valence-corrected chi connectivity index (χ4v) is 5.46. The van der Waals surface area contributed by atoms with E-state index in [1.807, 2.05) is 11.8 Å². The number of piperidine rings is 3. The van der Waals surface area contributed by atoms with E-state index in [0.29, 0.717) is 37.8 Å². The molecule has 4 saturated heterocycles. The van der Waals surface area contributed by atoms with Gasteiger partial charge in [-0.2, -0.15) is 0 Å². The van der Waals surface area contributed by atoms with Crippen LogP contribution in [0.3, 0.4) is 0 Å². The molecule has 0 aromatic carbocycles. The molecule has 2 amide bonds. The summed E-state index contributed by atoms with van der Waals surface area (Å²) >= 11 is 0. The summed E-state index contributed by atoms with van der Waals surface area (Å²) in [6, 6.07) is 1.19. The largest absolute Gasteiger partial charge is 0.450 e. The monoisotopic (exact) mass is 379 g/mol. The summed E-state index contributed by atoms with van der Waals surface area (Å²) in [5.74, 6) is 0.356. The molecule has 0 aliphatic carbocycles. The van der Waals surface area contributed by atoms with Crippen molar-refractivity contribution in [3.8, 4) is 0 Å². The quantitative estimate of drug-likeness (QED) is 0.749. The smallest absolute Gasteiger partial charge is 0.410 e. The summed E-state index contributed by atoms with van der Waals surface area (Å²) in [5, 5.41) is 0. The van der Waals surface area contributed by atoms with Crippen molar-refractivity contribution in [3.63, 3.8) is 0 Å². The maximum atomic E-state index is 12.3. The van der Waals surface area contributed by atoms with E-state index in [9.17, 15) is 9.59 Å². The number of carbonyl (C=O) groups is 2. The maximum absolute atomic E-state index is 12.3. The van der Waals surface area contributed by atoms with E-state index in [-0.39, 0.29) is 18.2 Å². The van der Waals surface area contributed by atoms with E-state index in [4.69, 9.17) is 9.47 Å². The first-order valence-electron chi connectivity index (χ1n) is 10.7. The molecule has 0 N–H and O–H groups in total. The zero-order valence-corrected chi connectivity index (χ0v) is 16.5. The zero-order valence-electron chi connectivity index (χ0n) is 16.5. The second-order valence-corrected chi connectivity index (χ2v) is 8.39. The number of rotatable bonds is 3. The van der Waals surface area contributed by atoms with E-state index in [1.54, 1.807) is 0 Å².